The minimum atomic E-state index is -0.176. The topological polar surface area (TPSA) is 64.9 Å². The molecule has 0 bridgehead atoms. The van der Waals surface area contributed by atoms with Crippen LogP contribution in [0.25, 0.3) is 0 Å². The Morgan fingerprint density at radius 1 is 1.33 bits per heavy atom. The maximum Gasteiger partial charge on any atom is 0.0598 e. The summed E-state index contributed by atoms with van der Waals surface area (Å²) in [5.41, 5.74) is 15.9. The molecule has 0 aromatic carbocycles. The van der Waals surface area contributed by atoms with Crippen LogP contribution < -0.4 is 11.5 Å². The Morgan fingerprint density at radius 3 is 2.73 bits per heavy atom. The zero-order valence-electron chi connectivity index (χ0n) is 8.47. The fourth-order valence-electron chi connectivity index (χ4n) is 1.53. The molecule has 2 aromatic rings. The lowest BCUT2D eigenvalue weighted by molar-refractivity contribution is 0.863. The molecule has 4 N–H and O–H groups in total. The number of aryl methyl sites for hydroxylation is 1. The molecule has 0 spiro atoms. The average Bonchev–Trinajstić information content (AvgIpc) is 2.64. The number of nitrogens with zero attached hydrogens (tertiary/aromatic N) is 1. The molecule has 1 unspecified atom stereocenters. The van der Waals surface area contributed by atoms with Crippen LogP contribution in [0.2, 0.25) is 0 Å². The van der Waals surface area contributed by atoms with Gasteiger partial charge in [0.2, 0.25) is 0 Å². The molecule has 0 aliphatic rings. The molecule has 0 radical (unpaired) electrons. The monoisotopic (exact) mass is 219 g/mol. The molecule has 0 aliphatic heterocycles. The van der Waals surface area contributed by atoms with E-state index in [2.05, 4.69) is 22.7 Å². The van der Waals surface area contributed by atoms with Crippen LogP contribution in [0.1, 0.15) is 22.7 Å². The number of thiophene rings is 1. The lowest BCUT2D eigenvalue weighted by Crippen LogP contribution is -2.14. The number of aromatic nitrogens is 1. The Hall–Kier alpha value is -1.39. The third-order valence-corrected chi connectivity index (χ3v) is 3.33. The first-order valence-electron chi connectivity index (χ1n) is 4.68. The fourth-order valence-corrected chi connectivity index (χ4v) is 2.42. The van der Waals surface area contributed by atoms with Gasteiger partial charge in [-0.2, -0.15) is 11.3 Å². The van der Waals surface area contributed by atoms with E-state index in [1.54, 1.807) is 29.8 Å². The lowest BCUT2D eigenvalue weighted by atomic mass is 10.00. The molecule has 0 saturated heterocycles. The normalized spacial score (nSPS) is 12.7. The predicted molar refractivity (Wildman–Crippen MR) is 63.7 cm³/mol. The van der Waals surface area contributed by atoms with Gasteiger partial charge in [-0.1, -0.05) is 0 Å². The summed E-state index contributed by atoms with van der Waals surface area (Å²) in [7, 11) is 0. The molecule has 3 nitrogen and oxygen atoms in total. The van der Waals surface area contributed by atoms with Gasteiger partial charge in [-0.05, 0) is 34.9 Å². The molecule has 0 saturated carbocycles. The van der Waals surface area contributed by atoms with Crippen LogP contribution in [0.15, 0.2) is 29.2 Å². The summed E-state index contributed by atoms with van der Waals surface area (Å²) < 4.78 is 0. The Morgan fingerprint density at radius 2 is 2.13 bits per heavy atom. The maximum absolute atomic E-state index is 6.15. The van der Waals surface area contributed by atoms with Gasteiger partial charge in [0.25, 0.3) is 0 Å². The van der Waals surface area contributed by atoms with Crippen LogP contribution >= 0.6 is 11.3 Å². The van der Waals surface area contributed by atoms with Crippen molar-refractivity contribution in [2.24, 2.45) is 5.73 Å². The summed E-state index contributed by atoms with van der Waals surface area (Å²) in [4.78, 5) is 4.05. The highest BCUT2D eigenvalue weighted by molar-refractivity contribution is 7.08. The van der Waals surface area contributed by atoms with Crippen LogP contribution in [0, 0.1) is 6.92 Å². The number of nitrogen functional groups attached to an aromatic ring is 1. The third-order valence-electron chi connectivity index (χ3n) is 2.45. The molecule has 0 aliphatic carbocycles. The van der Waals surface area contributed by atoms with E-state index in [0.29, 0.717) is 5.69 Å². The van der Waals surface area contributed by atoms with Gasteiger partial charge in [-0.15, -0.1) is 0 Å². The highest BCUT2D eigenvalue weighted by atomic mass is 32.1. The minimum absolute atomic E-state index is 0.176. The van der Waals surface area contributed by atoms with Crippen molar-refractivity contribution in [3.63, 3.8) is 0 Å². The molecule has 78 valence electrons. The molecule has 0 amide bonds. The second-order valence-corrected chi connectivity index (χ2v) is 4.24. The van der Waals surface area contributed by atoms with E-state index in [0.717, 1.165) is 11.1 Å². The van der Waals surface area contributed by atoms with Crippen LogP contribution in [0.4, 0.5) is 5.69 Å². The van der Waals surface area contributed by atoms with Crippen LogP contribution in [0.5, 0.6) is 0 Å². The first kappa shape index (κ1) is 10.1. The van der Waals surface area contributed by atoms with Crippen molar-refractivity contribution in [1.82, 2.24) is 4.98 Å². The summed E-state index contributed by atoms with van der Waals surface area (Å²) in [6, 6.07) is 1.60. The van der Waals surface area contributed by atoms with E-state index in [1.165, 1.54) is 5.56 Å². The van der Waals surface area contributed by atoms with Crippen LogP contribution in [0.3, 0.4) is 0 Å². The van der Waals surface area contributed by atoms with Crippen molar-refractivity contribution in [3.05, 3.63) is 45.9 Å². The van der Waals surface area contributed by atoms with Crippen molar-refractivity contribution in [2.45, 2.75) is 13.0 Å². The molecule has 2 rings (SSSR count). The lowest BCUT2D eigenvalue weighted by Gasteiger charge is -2.13. The van der Waals surface area contributed by atoms with E-state index >= 15 is 0 Å². The number of nitrogens with two attached hydrogens (primary N) is 2. The average molecular weight is 219 g/mol. The second kappa shape index (κ2) is 4.00. The molecule has 2 aromatic heterocycles. The van der Waals surface area contributed by atoms with E-state index in [-0.39, 0.29) is 6.04 Å². The summed E-state index contributed by atoms with van der Waals surface area (Å²) in [5.74, 6) is 0. The van der Waals surface area contributed by atoms with Gasteiger partial charge in [0.1, 0.15) is 0 Å². The Kier molecular flexibility index (Phi) is 2.70. The zero-order chi connectivity index (χ0) is 10.8. The van der Waals surface area contributed by atoms with E-state index in [9.17, 15) is 0 Å². The quantitative estimate of drug-likeness (QED) is 0.812. The standard InChI is InChI=1S/C11H13N3S/c1-7-5-15-6-9(7)11(13)8-4-14-3-2-10(8)12/h2-6,11H,13H2,1H3,(H2,12,14). The highest BCUT2D eigenvalue weighted by Crippen LogP contribution is 2.27. The van der Waals surface area contributed by atoms with Gasteiger partial charge in [-0.25, -0.2) is 0 Å². The van der Waals surface area contributed by atoms with Gasteiger partial charge < -0.3 is 11.5 Å². The van der Waals surface area contributed by atoms with Gasteiger partial charge in [-0.3, -0.25) is 4.98 Å². The van der Waals surface area contributed by atoms with Crippen molar-refractivity contribution in [2.75, 3.05) is 5.73 Å². The highest BCUT2D eigenvalue weighted by Gasteiger charge is 2.14. The summed E-state index contributed by atoms with van der Waals surface area (Å²) >= 11 is 1.65. The number of anilines is 1. The fraction of sp³-hybridized carbons (Fsp3) is 0.182. The third kappa shape index (κ3) is 1.86. The Labute approximate surface area is 92.8 Å². The van der Waals surface area contributed by atoms with Crippen molar-refractivity contribution < 1.29 is 0 Å². The number of pyridine rings is 1. The number of rotatable bonds is 2. The largest absolute Gasteiger partial charge is 0.398 e. The van der Waals surface area contributed by atoms with Crippen molar-refractivity contribution >= 4 is 17.0 Å². The first-order chi connectivity index (χ1) is 7.20. The van der Waals surface area contributed by atoms with Crippen LogP contribution in [-0.2, 0) is 0 Å². The zero-order valence-corrected chi connectivity index (χ0v) is 9.29. The first-order valence-corrected chi connectivity index (χ1v) is 5.62. The smallest absolute Gasteiger partial charge is 0.0598 e. The molecule has 1 atom stereocenters. The Balaban J connectivity index is 2.41. The molecular formula is C11H13N3S. The summed E-state index contributed by atoms with van der Waals surface area (Å²) in [6.45, 7) is 2.05. The number of hydrogen-bond acceptors (Lipinski definition) is 4. The van der Waals surface area contributed by atoms with Gasteiger partial charge in [0.05, 0.1) is 6.04 Å². The summed E-state index contributed by atoms with van der Waals surface area (Å²) in [5, 5.41) is 4.15. The summed E-state index contributed by atoms with van der Waals surface area (Å²) in [6.07, 6.45) is 3.41. The van der Waals surface area contributed by atoms with Gasteiger partial charge in [0, 0.05) is 23.6 Å². The molecule has 2 heterocycles. The molecule has 15 heavy (non-hydrogen) atoms. The van der Waals surface area contributed by atoms with E-state index in [4.69, 9.17) is 11.5 Å². The van der Waals surface area contributed by atoms with Crippen LogP contribution in [-0.4, -0.2) is 4.98 Å². The minimum Gasteiger partial charge on any atom is -0.398 e. The molecule has 0 fully saturated rings. The molecular weight excluding hydrogens is 206 g/mol. The van der Waals surface area contributed by atoms with E-state index in [1.807, 2.05) is 0 Å². The predicted octanol–water partition coefficient (Wildman–Crippen LogP) is 2.08. The van der Waals surface area contributed by atoms with Crippen molar-refractivity contribution in [3.8, 4) is 0 Å². The van der Waals surface area contributed by atoms with Gasteiger partial charge >= 0.3 is 0 Å². The maximum atomic E-state index is 6.15. The van der Waals surface area contributed by atoms with Gasteiger partial charge in [0.15, 0.2) is 0 Å². The van der Waals surface area contributed by atoms with Crippen molar-refractivity contribution in [1.29, 1.82) is 0 Å². The SMILES string of the molecule is Cc1cscc1C(N)c1cnccc1N. The van der Waals surface area contributed by atoms with E-state index < -0.39 is 0 Å². The Bertz CT molecular complexity index is 464. The molecule has 4 heteroatoms. The number of hydrogen-bond donors (Lipinski definition) is 2. The second-order valence-electron chi connectivity index (χ2n) is 3.49.